The van der Waals surface area contributed by atoms with Gasteiger partial charge in [0.15, 0.2) is 8.68 Å². The number of nitrogens with zero attached hydrogens (tertiary/aromatic N) is 4. The van der Waals surface area contributed by atoms with Crippen molar-refractivity contribution < 1.29 is 4.79 Å². The number of amides is 1. The molecule has 0 spiro atoms. The highest BCUT2D eigenvalue weighted by molar-refractivity contribution is 8.03. The van der Waals surface area contributed by atoms with Crippen molar-refractivity contribution in [3.05, 3.63) is 65.5 Å². The number of aryl methyl sites for hydroxylation is 1. The lowest BCUT2D eigenvalue weighted by atomic mass is 10.2. The Hall–Kier alpha value is -2.23. The first kappa shape index (κ1) is 19.5. The molecule has 27 heavy (non-hydrogen) atoms. The molecule has 0 fully saturated rings. The number of thioether (sulfide) groups is 2. The van der Waals surface area contributed by atoms with Crippen molar-refractivity contribution in [2.24, 2.45) is 5.10 Å². The molecular formula is C18H17N5OS3. The maximum absolute atomic E-state index is 11.8. The maximum atomic E-state index is 11.8. The molecule has 0 radical (unpaired) electrons. The lowest BCUT2D eigenvalue weighted by Gasteiger charge is -1.99. The van der Waals surface area contributed by atoms with Gasteiger partial charge in [0, 0.05) is 23.7 Å². The van der Waals surface area contributed by atoms with Crippen molar-refractivity contribution >= 4 is 47.0 Å². The first-order chi connectivity index (χ1) is 13.2. The van der Waals surface area contributed by atoms with Gasteiger partial charge >= 0.3 is 0 Å². The topological polar surface area (TPSA) is 80.1 Å². The monoisotopic (exact) mass is 415 g/mol. The minimum Gasteiger partial charge on any atom is -0.272 e. The summed E-state index contributed by atoms with van der Waals surface area (Å²) in [7, 11) is 0. The van der Waals surface area contributed by atoms with Gasteiger partial charge in [0.2, 0.25) is 0 Å². The van der Waals surface area contributed by atoms with Crippen LogP contribution >= 0.6 is 34.9 Å². The van der Waals surface area contributed by atoms with Crippen LogP contribution in [0.1, 0.15) is 16.7 Å². The first-order valence-electron chi connectivity index (χ1n) is 8.05. The summed E-state index contributed by atoms with van der Waals surface area (Å²) in [5, 5.41) is 12.2. The van der Waals surface area contributed by atoms with Crippen molar-refractivity contribution in [3.63, 3.8) is 0 Å². The van der Waals surface area contributed by atoms with Gasteiger partial charge in [-0.05, 0) is 18.6 Å². The highest BCUT2D eigenvalue weighted by atomic mass is 32.2. The van der Waals surface area contributed by atoms with E-state index < -0.39 is 0 Å². The highest BCUT2D eigenvalue weighted by Crippen LogP contribution is 2.30. The van der Waals surface area contributed by atoms with Crippen LogP contribution in [0.15, 0.2) is 62.6 Å². The van der Waals surface area contributed by atoms with Crippen molar-refractivity contribution in [3.8, 4) is 0 Å². The number of hydrazone groups is 1. The molecule has 1 amide bonds. The van der Waals surface area contributed by atoms with Gasteiger partial charge in [0.05, 0.1) is 12.0 Å². The summed E-state index contributed by atoms with van der Waals surface area (Å²) in [6.07, 6.45) is 4.91. The summed E-state index contributed by atoms with van der Waals surface area (Å²) in [6, 6.07) is 12.1. The average molecular weight is 416 g/mol. The number of rotatable bonds is 8. The van der Waals surface area contributed by atoms with Crippen LogP contribution < -0.4 is 5.43 Å². The van der Waals surface area contributed by atoms with E-state index >= 15 is 0 Å². The van der Waals surface area contributed by atoms with Crippen LogP contribution in [0.25, 0.3) is 0 Å². The zero-order valence-corrected chi connectivity index (χ0v) is 17.0. The molecule has 0 saturated heterocycles. The van der Waals surface area contributed by atoms with E-state index in [2.05, 4.69) is 56.9 Å². The Morgan fingerprint density at radius 3 is 2.70 bits per heavy atom. The standard InChI is InChI=1S/C18H17N5OS3/c1-13-4-6-14(7-5-13)11-25-17-22-23-18(27-17)26-12-16(24)21-20-10-15-3-2-8-19-9-15/h2-10H,11-12H2,1H3,(H,21,24)/b20-10-. The molecule has 0 aliphatic carbocycles. The minimum absolute atomic E-state index is 0.191. The molecule has 0 aliphatic rings. The van der Waals surface area contributed by atoms with Crippen LogP contribution in [0.3, 0.4) is 0 Å². The number of nitrogens with one attached hydrogen (secondary N) is 1. The normalized spacial score (nSPS) is 11.0. The fraction of sp³-hybridized carbons (Fsp3) is 0.167. The Kier molecular flexibility index (Phi) is 7.37. The molecule has 0 bridgehead atoms. The van der Waals surface area contributed by atoms with Gasteiger partial charge in [-0.15, -0.1) is 10.2 Å². The smallest absolute Gasteiger partial charge is 0.250 e. The number of carbonyl (C=O) groups excluding carboxylic acids is 1. The number of benzene rings is 1. The molecule has 3 aromatic rings. The zero-order chi connectivity index (χ0) is 18.9. The molecular weight excluding hydrogens is 398 g/mol. The van der Waals surface area contributed by atoms with E-state index in [-0.39, 0.29) is 11.7 Å². The second kappa shape index (κ2) is 10.2. The summed E-state index contributed by atoms with van der Waals surface area (Å²) in [6.45, 7) is 2.07. The lowest BCUT2D eigenvalue weighted by molar-refractivity contribution is -0.118. The quantitative estimate of drug-likeness (QED) is 0.343. The van der Waals surface area contributed by atoms with Crippen LogP contribution in [-0.2, 0) is 10.5 Å². The number of aromatic nitrogens is 3. The number of hydrogen-bond donors (Lipinski definition) is 1. The lowest BCUT2D eigenvalue weighted by Crippen LogP contribution is -2.19. The van der Waals surface area contributed by atoms with E-state index in [1.807, 2.05) is 12.1 Å². The van der Waals surface area contributed by atoms with Crippen molar-refractivity contribution in [1.82, 2.24) is 20.6 Å². The number of carbonyl (C=O) groups is 1. The van der Waals surface area contributed by atoms with Gasteiger partial charge in [0.25, 0.3) is 5.91 Å². The molecule has 2 aromatic heterocycles. The second-order valence-corrected chi connectivity index (χ2v) is 8.90. The summed E-state index contributed by atoms with van der Waals surface area (Å²) in [5.41, 5.74) is 5.82. The molecule has 1 N–H and O–H groups in total. The molecule has 0 aliphatic heterocycles. The predicted octanol–water partition coefficient (Wildman–Crippen LogP) is 3.78. The van der Waals surface area contributed by atoms with Gasteiger partial charge in [0.1, 0.15) is 0 Å². The van der Waals surface area contributed by atoms with Gasteiger partial charge < -0.3 is 0 Å². The summed E-state index contributed by atoms with van der Waals surface area (Å²) >= 11 is 4.50. The third-order valence-electron chi connectivity index (χ3n) is 3.28. The van der Waals surface area contributed by atoms with Gasteiger partial charge in [-0.25, -0.2) is 5.43 Å². The van der Waals surface area contributed by atoms with Gasteiger partial charge in [-0.3, -0.25) is 9.78 Å². The number of pyridine rings is 1. The fourth-order valence-corrected chi connectivity index (χ4v) is 4.70. The Morgan fingerprint density at radius 1 is 1.19 bits per heavy atom. The molecule has 0 unspecified atom stereocenters. The molecule has 9 heteroatoms. The SMILES string of the molecule is Cc1ccc(CSc2nnc(SCC(=O)N/N=C\c3cccnc3)s2)cc1. The third kappa shape index (κ3) is 6.78. The van der Waals surface area contributed by atoms with Crippen molar-refractivity contribution in [2.45, 2.75) is 21.4 Å². The minimum atomic E-state index is -0.191. The molecule has 0 saturated carbocycles. The predicted molar refractivity (Wildman–Crippen MR) is 111 cm³/mol. The van der Waals surface area contributed by atoms with E-state index in [0.717, 1.165) is 20.0 Å². The summed E-state index contributed by atoms with van der Waals surface area (Å²) in [4.78, 5) is 15.8. The van der Waals surface area contributed by atoms with E-state index in [0.29, 0.717) is 0 Å². The average Bonchev–Trinajstić information content (AvgIpc) is 3.15. The fourth-order valence-electron chi connectivity index (χ4n) is 1.93. The first-order valence-corrected chi connectivity index (χ1v) is 10.8. The van der Waals surface area contributed by atoms with Crippen LogP contribution in [0.5, 0.6) is 0 Å². The van der Waals surface area contributed by atoms with E-state index in [1.54, 1.807) is 30.4 Å². The Bertz CT molecular complexity index is 897. The highest BCUT2D eigenvalue weighted by Gasteiger charge is 2.08. The molecule has 138 valence electrons. The molecule has 2 heterocycles. The largest absolute Gasteiger partial charge is 0.272 e. The Labute approximate surface area is 169 Å². The van der Waals surface area contributed by atoms with Crippen molar-refractivity contribution in [1.29, 1.82) is 0 Å². The summed E-state index contributed by atoms with van der Waals surface area (Å²) < 4.78 is 1.67. The summed E-state index contributed by atoms with van der Waals surface area (Å²) in [5.74, 6) is 0.898. The van der Waals surface area contributed by atoms with Crippen LogP contribution in [0.4, 0.5) is 0 Å². The third-order valence-corrected chi connectivity index (χ3v) is 6.55. The Balaban J connectivity index is 1.40. The van der Waals surface area contributed by atoms with E-state index in [9.17, 15) is 4.79 Å². The van der Waals surface area contributed by atoms with Gasteiger partial charge in [-0.1, -0.05) is 70.8 Å². The molecule has 0 atom stereocenters. The number of hydrogen-bond acceptors (Lipinski definition) is 8. The van der Waals surface area contributed by atoms with Crippen LogP contribution in [-0.4, -0.2) is 33.1 Å². The van der Waals surface area contributed by atoms with Crippen molar-refractivity contribution in [2.75, 3.05) is 5.75 Å². The second-order valence-electron chi connectivity index (χ2n) is 5.48. The van der Waals surface area contributed by atoms with E-state index in [4.69, 9.17) is 0 Å². The van der Waals surface area contributed by atoms with Gasteiger partial charge in [-0.2, -0.15) is 5.10 Å². The molecule has 6 nitrogen and oxygen atoms in total. The maximum Gasteiger partial charge on any atom is 0.250 e. The molecule has 1 aromatic carbocycles. The van der Waals surface area contributed by atoms with Crippen LogP contribution in [0, 0.1) is 6.92 Å². The zero-order valence-electron chi connectivity index (χ0n) is 14.5. The Morgan fingerprint density at radius 2 is 1.96 bits per heavy atom. The van der Waals surface area contributed by atoms with E-state index in [1.165, 1.54) is 34.2 Å². The van der Waals surface area contributed by atoms with Crippen LogP contribution in [0.2, 0.25) is 0 Å². The molecule has 3 rings (SSSR count).